The molecule has 0 rings (SSSR count). The predicted octanol–water partition coefficient (Wildman–Crippen LogP) is 0.821. The minimum Gasteiger partial charge on any atom is -0.481 e. The van der Waals surface area contributed by atoms with Gasteiger partial charge in [-0.3, -0.25) is 4.79 Å². The van der Waals surface area contributed by atoms with Gasteiger partial charge in [0.05, 0.1) is 12.0 Å². The number of ether oxygens (including phenoxy) is 1. The van der Waals surface area contributed by atoms with Crippen LogP contribution < -0.4 is 10.6 Å². The number of aliphatic carboxylic acids is 1. The molecule has 2 unspecified atom stereocenters. The van der Waals surface area contributed by atoms with Crippen LogP contribution in [0.4, 0.5) is 4.79 Å². The summed E-state index contributed by atoms with van der Waals surface area (Å²) in [5.41, 5.74) is 0. The highest BCUT2D eigenvalue weighted by atomic mass is 16.5. The van der Waals surface area contributed by atoms with E-state index in [4.69, 9.17) is 9.84 Å². The molecule has 0 radical (unpaired) electrons. The molecule has 0 aliphatic heterocycles. The number of amides is 2. The van der Waals surface area contributed by atoms with Crippen LogP contribution in [0.2, 0.25) is 0 Å². The second-order valence-electron chi connectivity index (χ2n) is 4.06. The van der Waals surface area contributed by atoms with Crippen LogP contribution in [0.5, 0.6) is 0 Å². The van der Waals surface area contributed by atoms with Gasteiger partial charge in [-0.15, -0.1) is 0 Å². The molecule has 100 valence electrons. The third-order valence-corrected chi connectivity index (χ3v) is 2.47. The second-order valence-corrected chi connectivity index (χ2v) is 4.06. The highest BCUT2D eigenvalue weighted by Gasteiger charge is 2.10. The quantitative estimate of drug-likeness (QED) is 0.553. The number of rotatable bonds is 8. The molecule has 3 N–H and O–H groups in total. The summed E-state index contributed by atoms with van der Waals surface area (Å²) < 4.78 is 4.98. The van der Waals surface area contributed by atoms with E-state index in [1.165, 1.54) is 0 Å². The molecule has 0 saturated carbocycles. The number of urea groups is 1. The molecule has 6 nitrogen and oxygen atoms in total. The number of carbonyl (C=O) groups excluding carboxylic acids is 1. The summed E-state index contributed by atoms with van der Waals surface area (Å²) in [4.78, 5) is 21.8. The summed E-state index contributed by atoms with van der Waals surface area (Å²) in [5.74, 6) is -1.17. The first-order chi connectivity index (χ1) is 7.97. The SMILES string of the molecule is COC(C)CNC(=O)NCCCC(C)C(=O)O. The Bertz CT molecular complexity index is 246. The topological polar surface area (TPSA) is 87.7 Å². The molecule has 0 fully saturated rings. The maximum absolute atomic E-state index is 11.2. The first-order valence-corrected chi connectivity index (χ1v) is 5.74. The monoisotopic (exact) mass is 246 g/mol. The molecular formula is C11H22N2O4. The van der Waals surface area contributed by atoms with E-state index < -0.39 is 5.97 Å². The summed E-state index contributed by atoms with van der Waals surface area (Å²) in [5, 5.41) is 14.0. The van der Waals surface area contributed by atoms with E-state index in [0.717, 1.165) is 0 Å². The molecule has 0 bridgehead atoms. The molecule has 0 spiro atoms. The van der Waals surface area contributed by atoms with Crippen molar-refractivity contribution in [1.29, 1.82) is 0 Å². The molecule has 2 amide bonds. The van der Waals surface area contributed by atoms with E-state index in [0.29, 0.717) is 25.9 Å². The van der Waals surface area contributed by atoms with Crippen LogP contribution in [0.25, 0.3) is 0 Å². The third kappa shape index (κ3) is 8.50. The van der Waals surface area contributed by atoms with Gasteiger partial charge < -0.3 is 20.5 Å². The van der Waals surface area contributed by atoms with Crippen molar-refractivity contribution in [3.8, 4) is 0 Å². The standard InChI is InChI=1S/C11H22N2O4/c1-8(10(14)15)5-4-6-12-11(16)13-7-9(2)17-3/h8-9H,4-7H2,1-3H3,(H,14,15)(H2,12,13,16). The summed E-state index contributed by atoms with van der Waals surface area (Å²) >= 11 is 0. The average molecular weight is 246 g/mol. The summed E-state index contributed by atoms with van der Waals surface area (Å²) in [6, 6.07) is -0.253. The predicted molar refractivity (Wildman–Crippen MR) is 63.9 cm³/mol. The van der Waals surface area contributed by atoms with Gasteiger partial charge in [0.15, 0.2) is 0 Å². The van der Waals surface area contributed by atoms with Crippen molar-refractivity contribution in [1.82, 2.24) is 10.6 Å². The summed E-state index contributed by atoms with van der Waals surface area (Å²) in [6.07, 6.45) is 1.19. The molecule has 17 heavy (non-hydrogen) atoms. The maximum atomic E-state index is 11.2. The molecule has 0 aromatic carbocycles. The van der Waals surface area contributed by atoms with Crippen LogP contribution in [-0.4, -0.2) is 43.4 Å². The Morgan fingerprint density at radius 1 is 1.29 bits per heavy atom. The lowest BCUT2D eigenvalue weighted by Crippen LogP contribution is -2.39. The Hall–Kier alpha value is -1.30. The average Bonchev–Trinajstić information content (AvgIpc) is 2.30. The van der Waals surface area contributed by atoms with E-state index in [-0.39, 0.29) is 18.1 Å². The van der Waals surface area contributed by atoms with E-state index in [1.54, 1.807) is 14.0 Å². The first kappa shape index (κ1) is 15.7. The lowest BCUT2D eigenvalue weighted by Gasteiger charge is -2.12. The molecule has 2 atom stereocenters. The normalized spacial score (nSPS) is 13.8. The van der Waals surface area contributed by atoms with Crippen molar-refractivity contribution in [2.45, 2.75) is 32.8 Å². The van der Waals surface area contributed by atoms with Crippen molar-refractivity contribution in [3.05, 3.63) is 0 Å². The zero-order valence-electron chi connectivity index (χ0n) is 10.7. The van der Waals surface area contributed by atoms with E-state index in [1.807, 2.05) is 6.92 Å². The molecule has 0 aromatic rings. The lowest BCUT2D eigenvalue weighted by atomic mass is 10.1. The zero-order chi connectivity index (χ0) is 13.3. The van der Waals surface area contributed by atoms with Gasteiger partial charge in [0.25, 0.3) is 0 Å². The van der Waals surface area contributed by atoms with E-state index in [2.05, 4.69) is 10.6 Å². The minimum absolute atomic E-state index is 0.0206. The van der Waals surface area contributed by atoms with Crippen LogP contribution in [0, 0.1) is 5.92 Å². The molecule has 0 heterocycles. The van der Waals surface area contributed by atoms with Gasteiger partial charge >= 0.3 is 12.0 Å². The van der Waals surface area contributed by atoms with Gasteiger partial charge in [-0.2, -0.15) is 0 Å². The zero-order valence-corrected chi connectivity index (χ0v) is 10.7. The largest absolute Gasteiger partial charge is 0.481 e. The summed E-state index contributed by atoms with van der Waals surface area (Å²) in [7, 11) is 1.58. The Labute approximate surface area is 102 Å². The van der Waals surface area contributed by atoms with Crippen LogP contribution >= 0.6 is 0 Å². The number of carboxylic acids is 1. The number of hydrogen-bond donors (Lipinski definition) is 3. The highest BCUT2D eigenvalue weighted by molar-refractivity contribution is 5.73. The molecule has 0 aromatic heterocycles. The fraction of sp³-hybridized carbons (Fsp3) is 0.818. The Morgan fingerprint density at radius 3 is 2.47 bits per heavy atom. The van der Waals surface area contributed by atoms with E-state index >= 15 is 0 Å². The van der Waals surface area contributed by atoms with Gasteiger partial charge in [-0.05, 0) is 19.8 Å². The summed E-state index contributed by atoms with van der Waals surface area (Å²) in [6.45, 7) is 4.44. The van der Waals surface area contributed by atoms with E-state index in [9.17, 15) is 9.59 Å². The van der Waals surface area contributed by atoms with Gasteiger partial charge in [0.1, 0.15) is 0 Å². The second kappa shape index (κ2) is 8.81. The molecule has 0 aliphatic carbocycles. The van der Waals surface area contributed by atoms with Crippen molar-refractivity contribution in [2.75, 3.05) is 20.2 Å². The number of hydrogen-bond acceptors (Lipinski definition) is 3. The molecule has 0 saturated heterocycles. The smallest absolute Gasteiger partial charge is 0.314 e. The Balaban J connectivity index is 3.48. The number of carbonyl (C=O) groups is 2. The Kier molecular flexibility index (Phi) is 8.13. The molecular weight excluding hydrogens is 224 g/mol. The van der Waals surface area contributed by atoms with Crippen LogP contribution in [0.1, 0.15) is 26.7 Å². The van der Waals surface area contributed by atoms with Crippen molar-refractivity contribution < 1.29 is 19.4 Å². The van der Waals surface area contributed by atoms with Gasteiger partial charge in [0, 0.05) is 20.2 Å². The lowest BCUT2D eigenvalue weighted by molar-refractivity contribution is -0.141. The first-order valence-electron chi connectivity index (χ1n) is 5.74. The Morgan fingerprint density at radius 2 is 1.94 bits per heavy atom. The van der Waals surface area contributed by atoms with Crippen molar-refractivity contribution in [2.24, 2.45) is 5.92 Å². The van der Waals surface area contributed by atoms with Gasteiger partial charge in [-0.25, -0.2) is 4.79 Å². The van der Waals surface area contributed by atoms with Gasteiger partial charge in [-0.1, -0.05) is 6.92 Å². The highest BCUT2D eigenvalue weighted by Crippen LogP contribution is 2.03. The minimum atomic E-state index is -0.802. The maximum Gasteiger partial charge on any atom is 0.314 e. The van der Waals surface area contributed by atoms with Crippen LogP contribution in [-0.2, 0) is 9.53 Å². The number of methoxy groups -OCH3 is 1. The van der Waals surface area contributed by atoms with Crippen molar-refractivity contribution >= 4 is 12.0 Å². The van der Waals surface area contributed by atoms with Crippen LogP contribution in [0.3, 0.4) is 0 Å². The number of carboxylic acid groups (broad SMARTS) is 1. The third-order valence-electron chi connectivity index (χ3n) is 2.47. The number of nitrogens with one attached hydrogen (secondary N) is 2. The van der Waals surface area contributed by atoms with Gasteiger partial charge in [0.2, 0.25) is 0 Å². The van der Waals surface area contributed by atoms with Crippen molar-refractivity contribution in [3.63, 3.8) is 0 Å². The fourth-order valence-corrected chi connectivity index (χ4v) is 1.12. The fourth-order valence-electron chi connectivity index (χ4n) is 1.12. The molecule has 6 heteroatoms. The van der Waals surface area contributed by atoms with Crippen LogP contribution in [0.15, 0.2) is 0 Å². The molecule has 0 aliphatic rings.